The van der Waals surface area contributed by atoms with Gasteiger partial charge in [0.1, 0.15) is 5.60 Å². The first-order valence-corrected chi connectivity index (χ1v) is 6.86. The van der Waals surface area contributed by atoms with E-state index < -0.39 is 29.5 Å². The van der Waals surface area contributed by atoms with Crippen LogP contribution in [0.5, 0.6) is 0 Å². The second-order valence-electron chi connectivity index (χ2n) is 5.77. The lowest BCUT2D eigenvalue weighted by Gasteiger charge is -2.24. The van der Waals surface area contributed by atoms with Crippen molar-refractivity contribution in [2.75, 3.05) is 6.54 Å². The molecule has 21 heavy (non-hydrogen) atoms. The molecule has 0 radical (unpaired) electrons. The molecule has 1 aromatic rings. The van der Waals surface area contributed by atoms with Crippen LogP contribution in [0.2, 0.25) is 0 Å². The predicted octanol–water partition coefficient (Wildman–Crippen LogP) is -0.886. The molecule has 2 bridgehead atoms. The zero-order chi connectivity index (χ0) is 14.6. The van der Waals surface area contributed by atoms with Crippen LogP contribution in [0, 0.1) is 11.8 Å². The van der Waals surface area contributed by atoms with E-state index in [1.165, 1.54) is 0 Å². The van der Waals surface area contributed by atoms with Gasteiger partial charge in [0.15, 0.2) is 0 Å². The third kappa shape index (κ3) is 1.65. The molecule has 2 fully saturated rings. The minimum atomic E-state index is -1.21. The quantitative estimate of drug-likeness (QED) is 0.673. The molecule has 0 aromatic carbocycles. The number of nitrogens with zero attached hydrogens (tertiary/aromatic N) is 2. The Kier molecular flexibility index (Phi) is 2.47. The molecule has 0 aliphatic carbocycles. The Morgan fingerprint density at radius 2 is 2.24 bits per heavy atom. The number of rotatable bonds is 3. The number of carbonyl (C=O) groups is 2. The molecular formula is C15H13N2O4-. The third-order valence-corrected chi connectivity index (χ3v) is 4.57. The standard InChI is InChI=1S/C15H14N2O4/c18-13-12-11(14(19)20)10-1-4-15(12,21-10)8-17(13)7-9-2-5-16-6-3-9/h1-6,10-12H,7-8H2,(H,19,20)/p-1/t10-,11-,12+,15-/m1/s1. The number of likely N-dealkylation sites (tertiary alicyclic amines) is 1. The van der Waals surface area contributed by atoms with Crippen molar-refractivity contribution in [3.05, 3.63) is 42.2 Å². The van der Waals surface area contributed by atoms with E-state index in [9.17, 15) is 14.7 Å². The van der Waals surface area contributed by atoms with Gasteiger partial charge in [0.25, 0.3) is 0 Å². The van der Waals surface area contributed by atoms with Crippen LogP contribution >= 0.6 is 0 Å². The maximum absolute atomic E-state index is 12.6. The molecule has 4 heterocycles. The van der Waals surface area contributed by atoms with Gasteiger partial charge in [-0.3, -0.25) is 9.78 Å². The van der Waals surface area contributed by atoms with Gasteiger partial charge in [-0.1, -0.05) is 12.2 Å². The molecule has 2 saturated heterocycles. The third-order valence-electron chi connectivity index (χ3n) is 4.57. The van der Waals surface area contributed by atoms with Crippen LogP contribution < -0.4 is 5.11 Å². The molecule has 3 aliphatic rings. The Bertz CT molecular complexity index is 644. The van der Waals surface area contributed by atoms with Crippen LogP contribution in [-0.2, 0) is 20.9 Å². The van der Waals surface area contributed by atoms with E-state index in [-0.39, 0.29) is 5.91 Å². The Morgan fingerprint density at radius 1 is 1.48 bits per heavy atom. The summed E-state index contributed by atoms with van der Waals surface area (Å²) in [5.74, 6) is -2.94. The highest BCUT2D eigenvalue weighted by atomic mass is 16.5. The summed E-state index contributed by atoms with van der Waals surface area (Å²) in [6.07, 6.45) is 6.38. The van der Waals surface area contributed by atoms with Crippen molar-refractivity contribution < 1.29 is 19.4 Å². The normalized spacial score (nSPS) is 36.3. The van der Waals surface area contributed by atoms with E-state index in [2.05, 4.69) is 4.98 Å². The van der Waals surface area contributed by atoms with Crippen molar-refractivity contribution in [1.29, 1.82) is 0 Å². The van der Waals surface area contributed by atoms with Gasteiger partial charge in [-0.2, -0.15) is 0 Å². The number of pyridine rings is 1. The first-order chi connectivity index (χ1) is 10.1. The van der Waals surface area contributed by atoms with Crippen LogP contribution in [0.25, 0.3) is 0 Å². The molecule has 4 atom stereocenters. The number of aromatic nitrogens is 1. The summed E-state index contributed by atoms with van der Waals surface area (Å²) >= 11 is 0. The molecule has 0 N–H and O–H groups in total. The van der Waals surface area contributed by atoms with Crippen molar-refractivity contribution in [2.24, 2.45) is 11.8 Å². The summed E-state index contributed by atoms with van der Waals surface area (Å²) in [5, 5.41) is 11.3. The zero-order valence-corrected chi connectivity index (χ0v) is 11.1. The molecule has 1 aromatic heterocycles. The second-order valence-corrected chi connectivity index (χ2v) is 5.77. The monoisotopic (exact) mass is 285 g/mol. The maximum Gasteiger partial charge on any atom is 0.230 e. The maximum atomic E-state index is 12.6. The highest BCUT2D eigenvalue weighted by Gasteiger charge is 2.65. The number of carboxylic acid groups (broad SMARTS) is 1. The van der Waals surface area contributed by atoms with E-state index >= 15 is 0 Å². The first kappa shape index (κ1) is 12.5. The molecule has 0 saturated carbocycles. The van der Waals surface area contributed by atoms with Crippen molar-refractivity contribution in [1.82, 2.24) is 9.88 Å². The number of hydrogen-bond acceptors (Lipinski definition) is 5. The van der Waals surface area contributed by atoms with Crippen molar-refractivity contribution in [2.45, 2.75) is 18.2 Å². The fraction of sp³-hybridized carbons (Fsp3) is 0.400. The lowest BCUT2D eigenvalue weighted by Crippen LogP contribution is -2.45. The largest absolute Gasteiger partial charge is 0.550 e. The zero-order valence-electron chi connectivity index (χ0n) is 11.1. The lowest BCUT2D eigenvalue weighted by atomic mass is 9.77. The Balaban J connectivity index is 1.63. The number of aliphatic carboxylic acids is 1. The fourth-order valence-corrected chi connectivity index (χ4v) is 3.69. The first-order valence-electron chi connectivity index (χ1n) is 6.86. The van der Waals surface area contributed by atoms with E-state index in [1.807, 2.05) is 18.2 Å². The average Bonchev–Trinajstić information content (AvgIpc) is 3.09. The van der Waals surface area contributed by atoms with Crippen molar-refractivity contribution in [3.8, 4) is 0 Å². The van der Waals surface area contributed by atoms with Gasteiger partial charge in [0, 0.05) is 30.8 Å². The number of hydrogen-bond donors (Lipinski definition) is 0. The van der Waals surface area contributed by atoms with Gasteiger partial charge < -0.3 is 19.5 Å². The van der Waals surface area contributed by atoms with Gasteiger partial charge >= 0.3 is 0 Å². The molecule has 3 aliphatic heterocycles. The van der Waals surface area contributed by atoms with Crippen molar-refractivity contribution in [3.63, 3.8) is 0 Å². The predicted molar refractivity (Wildman–Crippen MR) is 68.4 cm³/mol. The van der Waals surface area contributed by atoms with Crippen LogP contribution in [0.15, 0.2) is 36.7 Å². The fourth-order valence-electron chi connectivity index (χ4n) is 3.69. The molecule has 4 rings (SSSR count). The Labute approximate surface area is 121 Å². The summed E-state index contributed by atoms with van der Waals surface area (Å²) in [4.78, 5) is 29.5. The second kappa shape index (κ2) is 4.14. The van der Waals surface area contributed by atoms with Crippen LogP contribution in [-0.4, -0.2) is 40.0 Å². The molecular weight excluding hydrogens is 272 g/mol. The van der Waals surface area contributed by atoms with Gasteiger partial charge in [-0.15, -0.1) is 0 Å². The van der Waals surface area contributed by atoms with E-state index in [1.54, 1.807) is 23.4 Å². The van der Waals surface area contributed by atoms with Gasteiger partial charge in [-0.25, -0.2) is 0 Å². The lowest BCUT2D eigenvalue weighted by molar-refractivity contribution is -0.313. The summed E-state index contributed by atoms with van der Waals surface area (Å²) in [7, 11) is 0. The topological polar surface area (TPSA) is 82.6 Å². The number of ether oxygens (including phenoxy) is 1. The van der Waals surface area contributed by atoms with E-state index in [0.29, 0.717) is 13.1 Å². The Morgan fingerprint density at radius 3 is 2.95 bits per heavy atom. The summed E-state index contributed by atoms with van der Waals surface area (Å²) in [6, 6.07) is 3.67. The Hall–Kier alpha value is -2.21. The number of fused-ring (bicyclic) bond motifs is 1. The SMILES string of the molecule is O=C([O-])[C@H]1[C@H]2C(=O)N(Cc3ccncc3)C[C@]23C=C[C@H]1O3. The molecule has 1 amide bonds. The van der Waals surface area contributed by atoms with Crippen molar-refractivity contribution >= 4 is 11.9 Å². The van der Waals surface area contributed by atoms with Gasteiger partial charge in [-0.05, 0) is 17.7 Å². The molecule has 108 valence electrons. The number of carboxylic acids is 1. The molecule has 1 spiro atoms. The molecule has 6 nitrogen and oxygen atoms in total. The summed E-state index contributed by atoms with van der Waals surface area (Å²) in [6.45, 7) is 0.816. The van der Waals surface area contributed by atoms with E-state index in [0.717, 1.165) is 5.56 Å². The highest BCUT2D eigenvalue weighted by Crippen LogP contribution is 2.51. The average molecular weight is 285 g/mol. The molecule has 6 heteroatoms. The van der Waals surface area contributed by atoms with Crippen LogP contribution in [0.4, 0.5) is 0 Å². The van der Waals surface area contributed by atoms with Gasteiger partial charge in [0.2, 0.25) is 5.91 Å². The summed E-state index contributed by atoms with van der Waals surface area (Å²) < 4.78 is 5.79. The van der Waals surface area contributed by atoms with E-state index in [4.69, 9.17) is 4.74 Å². The smallest absolute Gasteiger partial charge is 0.230 e. The molecule has 0 unspecified atom stereocenters. The van der Waals surface area contributed by atoms with Crippen LogP contribution in [0.3, 0.4) is 0 Å². The summed E-state index contributed by atoms with van der Waals surface area (Å²) in [5.41, 5.74) is 0.165. The minimum Gasteiger partial charge on any atom is -0.550 e. The van der Waals surface area contributed by atoms with Gasteiger partial charge in [0.05, 0.1) is 18.6 Å². The number of carbonyl (C=O) groups excluding carboxylic acids is 2. The van der Waals surface area contributed by atoms with Crippen LogP contribution in [0.1, 0.15) is 5.56 Å². The highest BCUT2D eigenvalue weighted by molar-refractivity contribution is 5.90. The number of amides is 1. The minimum absolute atomic E-state index is 0.173.